The van der Waals surface area contributed by atoms with Crippen LogP contribution in [0, 0.1) is 18.7 Å². The Kier molecular flexibility index (Phi) is 5.75. The van der Waals surface area contributed by atoms with Crippen molar-refractivity contribution in [2.45, 2.75) is 52.6 Å². The standard InChI is InChI=1S/C23H29FN6O2/c1-14-5-6-15(11-18(14)24)12-25-20(31)16-7-9-29(10-8-16)22-27-19-17(21(32)28-22)13-26-30(19)23(2,3)4/h5-6,11,13,16H,7-10,12H2,1-4H3,(H,25,31)(H,27,28,32). The number of anilines is 1. The molecule has 170 valence electrons. The summed E-state index contributed by atoms with van der Waals surface area (Å²) in [7, 11) is 0. The summed E-state index contributed by atoms with van der Waals surface area (Å²) in [6.07, 6.45) is 2.84. The van der Waals surface area contributed by atoms with Crippen molar-refractivity contribution in [3.63, 3.8) is 0 Å². The van der Waals surface area contributed by atoms with E-state index in [1.165, 1.54) is 6.07 Å². The van der Waals surface area contributed by atoms with Crippen LogP contribution < -0.4 is 15.8 Å². The fourth-order valence-electron chi connectivity index (χ4n) is 3.98. The molecular weight excluding hydrogens is 411 g/mol. The van der Waals surface area contributed by atoms with Crippen molar-refractivity contribution in [3.8, 4) is 0 Å². The first kappa shape index (κ1) is 22.0. The molecule has 1 aliphatic heterocycles. The van der Waals surface area contributed by atoms with E-state index in [2.05, 4.69) is 20.4 Å². The van der Waals surface area contributed by atoms with Crippen molar-refractivity contribution < 1.29 is 9.18 Å². The Bertz CT molecular complexity index is 1200. The SMILES string of the molecule is Cc1ccc(CNC(=O)C2CCN(c3nc4c(cnn4C(C)(C)C)c(=O)[nH]3)CC2)cc1F. The number of nitrogens with zero attached hydrogens (tertiary/aromatic N) is 4. The number of amides is 1. The van der Waals surface area contributed by atoms with E-state index < -0.39 is 0 Å². The van der Waals surface area contributed by atoms with Crippen molar-refractivity contribution in [1.82, 2.24) is 25.1 Å². The van der Waals surface area contributed by atoms with Gasteiger partial charge >= 0.3 is 0 Å². The van der Waals surface area contributed by atoms with Crippen LogP contribution in [0.3, 0.4) is 0 Å². The van der Waals surface area contributed by atoms with Crippen molar-refractivity contribution in [2.24, 2.45) is 5.92 Å². The highest BCUT2D eigenvalue weighted by Crippen LogP contribution is 2.23. The lowest BCUT2D eigenvalue weighted by molar-refractivity contribution is -0.125. The van der Waals surface area contributed by atoms with Crippen molar-refractivity contribution >= 4 is 22.9 Å². The molecule has 1 fully saturated rings. The highest BCUT2D eigenvalue weighted by Gasteiger charge is 2.27. The van der Waals surface area contributed by atoms with Crippen molar-refractivity contribution in [3.05, 3.63) is 51.7 Å². The van der Waals surface area contributed by atoms with Crippen LogP contribution in [0.15, 0.2) is 29.2 Å². The lowest BCUT2D eigenvalue weighted by atomic mass is 9.96. The lowest BCUT2D eigenvalue weighted by Crippen LogP contribution is -2.41. The minimum Gasteiger partial charge on any atom is -0.352 e. The molecule has 8 nitrogen and oxygen atoms in total. The van der Waals surface area contributed by atoms with Gasteiger partial charge < -0.3 is 10.2 Å². The van der Waals surface area contributed by atoms with Crippen LogP contribution in [-0.4, -0.2) is 38.7 Å². The van der Waals surface area contributed by atoms with Gasteiger partial charge in [-0.3, -0.25) is 14.6 Å². The zero-order valence-corrected chi connectivity index (χ0v) is 18.9. The summed E-state index contributed by atoms with van der Waals surface area (Å²) in [6, 6.07) is 4.99. The first-order valence-electron chi connectivity index (χ1n) is 10.9. The third kappa shape index (κ3) is 4.37. The molecule has 0 unspecified atom stereocenters. The summed E-state index contributed by atoms with van der Waals surface area (Å²) in [5, 5.41) is 7.72. The molecule has 2 N–H and O–H groups in total. The van der Waals surface area contributed by atoms with E-state index in [0.717, 1.165) is 5.56 Å². The van der Waals surface area contributed by atoms with Gasteiger partial charge in [0.1, 0.15) is 11.2 Å². The van der Waals surface area contributed by atoms with Crippen molar-refractivity contribution in [1.29, 1.82) is 0 Å². The Labute approximate surface area is 185 Å². The predicted molar refractivity (Wildman–Crippen MR) is 121 cm³/mol. The zero-order chi connectivity index (χ0) is 23.0. The quantitative estimate of drug-likeness (QED) is 0.650. The Morgan fingerprint density at radius 3 is 2.66 bits per heavy atom. The smallest absolute Gasteiger partial charge is 0.263 e. The second kappa shape index (κ2) is 8.37. The van der Waals surface area contributed by atoms with Gasteiger partial charge in [-0.2, -0.15) is 10.1 Å². The number of rotatable bonds is 4. The second-order valence-corrected chi connectivity index (χ2v) is 9.42. The first-order chi connectivity index (χ1) is 15.1. The molecule has 9 heteroatoms. The molecular formula is C23H29FN6O2. The Hall–Kier alpha value is -3.23. The van der Waals surface area contributed by atoms with E-state index in [4.69, 9.17) is 0 Å². The highest BCUT2D eigenvalue weighted by molar-refractivity contribution is 5.79. The topological polar surface area (TPSA) is 95.9 Å². The van der Waals surface area contributed by atoms with Gasteiger partial charge in [-0.1, -0.05) is 12.1 Å². The summed E-state index contributed by atoms with van der Waals surface area (Å²) < 4.78 is 15.5. The molecule has 1 amide bonds. The molecule has 1 saturated heterocycles. The van der Waals surface area contributed by atoms with Crippen LogP contribution >= 0.6 is 0 Å². The van der Waals surface area contributed by atoms with Gasteiger partial charge in [-0.05, 0) is 57.7 Å². The van der Waals surface area contributed by atoms with Crippen LogP contribution in [0.5, 0.6) is 0 Å². The van der Waals surface area contributed by atoms with Gasteiger partial charge in [0.05, 0.1) is 11.7 Å². The number of carbonyl (C=O) groups is 1. The van der Waals surface area contributed by atoms with Gasteiger partial charge in [-0.25, -0.2) is 9.07 Å². The molecule has 32 heavy (non-hydrogen) atoms. The third-order valence-electron chi connectivity index (χ3n) is 5.93. The summed E-state index contributed by atoms with van der Waals surface area (Å²) in [5.74, 6) is 0.0734. The minimum atomic E-state index is -0.300. The maximum absolute atomic E-state index is 13.7. The number of carbonyl (C=O) groups excluding carboxylic acids is 1. The Morgan fingerprint density at radius 1 is 1.28 bits per heavy atom. The number of aryl methyl sites for hydroxylation is 1. The first-order valence-corrected chi connectivity index (χ1v) is 10.9. The van der Waals surface area contributed by atoms with E-state index >= 15 is 0 Å². The molecule has 3 aromatic rings. The number of fused-ring (bicyclic) bond motifs is 1. The molecule has 0 saturated carbocycles. The largest absolute Gasteiger partial charge is 0.352 e. The zero-order valence-electron chi connectivity index (χ0n) is 18.9. The van der Waals surface area contributed by atoms with Gasteiger partial charge in [0, 0.05) is 25.6 Å². The minimum absolute atomic E-state index is 0.0339. The normalized spacial score (nSPS) is 15.3. The van der Waals surface area contributed by atoms with Crippen LogP contribution in [0.1, 0.15) is 44.7 Å². The van der Waals surface area contributed by atoms with E-state index in [1.54, 1.807) is 23.9 Å². The van der Waals surface area contributed by atoms with E-state index in [0.29, 0.717) is 55.0 Å². The summed E-state index contributed by atoms with van der Waals surface area (Å²) >= 11 is 0. The molecule has 4 rings (SSSR count). The average Bonchev–Trinajstić information content (AvgIpc) is 3.20. The summed E-state index contributed by atoms with van der Waals surface area (Å²) in [5.41, 5.74) is 1.37. The maximum atomic E-state index is 13.7. The highest BCUT2D eigenvalue weighted by atomic mass is 19.1. The van der Waals surface area contributed by atoms with Gasteiger partial charge in [0.15, 0.2) is 5.65 Å². The number of piperidine rings is 1. The molecule has 0 spiro atoms. The molecule has 2 aromatic heterocycles. The van der Waals surface area contributed by atoms with Crippen LogP contribution in [0.25, 0.3) is 11.0 Å². The molecule has 0 aliphatic carbocycles. The van der Waals surface area contributed by atoms with Gasteiger partial charge in [0.2, 0.25) is 11.9 Å². The number of aromatic amines is 1. The predicted octanol–water partition coefficient (Wildman–Crippen LogP) is 2.85. The molecule has 1 aromatic carbocycles. The third-order valence-corrected chi connectivity index (χ3v) is 5.93. The fourth-order valence-corrected chi connectivity index (χ4v) is 3.98. The van der Waals surface area contributed by atoms with Gasteiger partial charge in [-0.15, -0.1) is 0 Å². The molecule has 0 atom stereocenters. The number of aromatic nitrogens is 4. The molecule has 1 aliphatic rings. The Balaban J connectivity index is 1.41. The van der Waals surface area contributed by atoms with E-state index in [-0.39, 0.29) is 28.7 Å². The fraction of sp³-hybridized carbons (Fsp3) is 0.478. The second-order valence-electron chi connectivity index (χ2n) is 9.42. The number of nitrogens with one attached hydrogen (secondary N) is 2. The number of halogens is 1. The number of hydrogen-bond donors (Lipinski definition) is 2. The molecule has 3 heterocycles. The van der Waals surface area contributed by atoms with E-state index in [9.17, 15) is 14.0 Å². The molecule has 0 bridgehead atoms. The lowest BCUT2D eigenvalue weighted by Gasteiger charge is -2.31. The van der Waals surface area contributed by atoms with Crippen LogP contribution in [0.4, 0.5) is 10.3 Å². The monoisotopic (exact) mass is 440 g/mol. The Morgan fingerprint density at radius 2 is 2.00 bits per heavy atom. The average molecular weight is 441 g/mol. The van der Waals surface area contributed by atoms with E-state index in [1.807, 2.05) is 31.7 Å². The van der Waals surface area contributed by atoms with Crippen molar-refractivity contribution in [2.75, 3.05) is 18.0 Å². The molecule has 0 radical (unpaired) electrons. The summed E-state index contributed by atoms with van der Waals surface area (Å²) in [4.78, 5) is 34.7. The van der Waals surface area contributed by atoms with Gasteiger partial charge in [0.25, 0.3) is 5.56 Å². The summed E-state index contributed by atoms with van der Waals surface area (Å²) in [6.45, 7) is 9.26. The number of benzene rings is 1. The maximum Gasteiger partial charge on any atom is 0.263 e. The number of H-pyrrole nitrogens is 1. The van der Waals surface area contributed by atoms with Crippen LogP contribution in [0.2, 0.25) is 0 Å². The number of hydrogen-bond acceptors (Lipinski definition) is 5. The van der Waals surface area contributed by atoms with Crippen LogP contribution in [-0.2, 0) is 16.9 Å².